The van der Waals surface area contributed by atoms with Gasteiger partial charge in [-0.2, -0.15) is 5.10 Å². The Labute approximate surface area is 401 Å². The number of aromatic nitrogens is 4. The summed E-state index contributed by atoms with van der Waals surface area (Å²) in [5.41, 5.74) is 9.03. The number of fused-ring (bicyclic) bond motifs is 3. The highest BCUT2D eigenvalue weighted by Crippen LogP contribution is 2.41. The Morgan fingerprint density at radius 1 is 0.855 bits per heavy atom. The molecule has 5 aromatic rings. The number of ether oxygens (including phenoxy) is 2. The van der Waals surface area contributed by atoms with E-state index in [1.54, 1.807) is 26.2 Å². The second-order valence-corrected chi connectivity index (χ2v) is 19.7. The molecule has 1 atom stereocenters. The number of pyridine rings is 1. The van der Waals surface area contributed by atoms with Crippen molar-refractivity contribution in [3.8, 4) is 16.9 Å². The monoisotopic (exact) mass is 936 g/mol. The number of amides is 5. The minimum atomic E-state index is -0.974. The summed E-state index contributed by atoms with van der Waals surface area (Å²) in [4.78, 5) is 78.3. The van der Waals surface area contributed by atoms with Crippen LogP contribution in [-0.2, 0) is 32.1 Å². The molecule has 1 N–H and O–H groups in total. The molecular weight excluding hydrogens is 877 g/mol. The van der Waals surface area contributed by atoms with Crippen LogP contribution in [0.15, 0.2) is 60.9 Å². The molecule has 0 radical (unpaired) electrons. The van der Waals surface area contributed by atoms with E-state index in [2.05, 4.69) is 65.6 Å². The lowest BCUT2D eigenvalue weighted by Crippen LogP contribution is -2.54. The van der Waals surface area contributed by atoms with Crippen LogP contribution in [0.3, 0.4) is 0 Å². The summed E-state index contributed by atoms with van der Waals surface area (Å²) in [5.74, 6) is 0.682. The molecule has 4 saturated heterocycles. The van der Waals surface area contributed by atoms with Gasteiger partial charge >= 0.3 is 0 Å². The van der Waals surface area contributed by atoms with Crippen LogP contribution in [0.25, 0.3) is 16.8 Å². The van der Waals surface area contributed by atoms with Crippen molar-refractivity contribution in [3.05, 3.63) is 89.0 Å². The van der Waals surface area contributed by atoms with Gasteiger partial charge < -0.3 is 33.5 Å². The quantitative estimate of drug-likeness (QED) is 0.169. The van der Waals surface area contributed by atoms with E-state index in [0.717, 1.165) is 141 Å². The molecule has 6 aliphatic rings. The van der Waals surface area contributed by atoms with Crippen molar-refractivity contribution < 1.29 is 33.4 Å². The maximum atomic E-state index is 13.5. The Hall–Kier alpha value is -6.59. The first-order chi connectivity index (χ1) is 33.5. The maximum absolute atomic E-state index is 13.5. The summed E-state index contributed by atoms with van der Waals surface area (Å²) in [7, 11) is 3.77. The van der Waals surface area contributed by atoms with Crippen molar-refractivity contribution in [2.45, 2.75) is 89.3 Å². The molecule has 6 aliphatic heterocycles. The molecule has 69 heavy (non-hydrogen) atoms. The van der Waals surface area contributed by atoms with Crippen molar-refractivity contribution >= 4 is 52.4 Å². The van der Waals surface area contributed by atoms with Gasteiger partial charge in [0.05, 0.1) is 30.8 Å². The Bertz CT molecular complexity index is 2850. The van der Waals surface area contributed by atoms with Crippen LogP contribution >= 0.6 is 0 Å². The minimum absolute atomic E-state index is 0.0760. The largest absolute Gasteiger partial charge is 0.496 e. The summed E-state index contributed by atoms with van der Waals surface area (Å²) in [5, 5.41) is 7.52. The van der Waals surface area contributed by atoms with Gasteiger partial charge in [0, 0.05) is 124 Å². The fraction of sp³-hybridized carbons (Fsp3) is 0.481. The fourth-order valence-corrected chi connectivity index (χ4v) is 11.8. The number of benzene rings is 2. The van der Waals surface area contributed by atoms with Gasteiger partial charge in [-0.15, -0.1) is 0 Å². The van der Waals surface area contributed by atoms with E-state index in [-0.39, 0.29) is 30.7 Å². The molecule has 1 unspecified atom stereocenters. The number of rotatable bonds is 10. The zero-order chi connectivity index (χ0) is 47.5. The topological polar surface area (TPSA) is 167 Å². The normalized spacial score (nSPS) is 21.0. The van der Waals surface area contributed by atoms with Gasteiger partial charge in [-0.05, 0) is 112 Å². The van der Waals surface area contributed by atoms with Crippen molar-refractivity contribution in [2.24, 2.45) is 5.92 Å². The van der Waals surface area contributed by atoms with Crippen LogP contribution in [0.5, 0.6) is 5.75 Å². The minimum Gasteiger partial charge on any atom is -0.496 e. The highest BCUT2D eigenvalue weighted by Gasteiger charge is 2.45. The summed E-state index contributed by atoms with van der Waals surface area (Å²) < 4.78 is 16.3. The van der Waals surface area contributed by atoms with Crippen LogP contribution < -0.4 is 19.9 Å². The van der Waals surface area contributed by atoms with Gasteiger partial charge in [0.2, 0.25) is 17.7 Å². The average molecular weight is 937 g/mol. The number of methoxy groups -OCH3 is 1. The highest BCUT2D eigenvalue weighted by atomic mass is 16.5. The summed E-state index contributed by atoms with van der Waals surface area (Å²) in [6, 6.07) is 15.5. The number of nitrogens with one attached hydrogen (secondary N) is 1. The molecule has 0 bridgehead atoms. The average Bonchev–Trinajstić information content (AvgIpc) is 4.08. The van der Waals surface area contributed by atoms with Gasteiger partial charge in [-0.1, -0.05) is 0 Å². The maximum Gasteiger partial charge on any atom is 0.262 e. The predicted octanol–water partition coefficient (Wildman–Crippen LogP) is 5.73. The van der Waals surface area contributed by atoms with E-state index in [9.17, 15) is 24.0 Å². The van der Waals surface area contributed by atoms with E-state index < -0.39 is 23.8 Å². The first-order valence-electron chi connectivity index (χ1n) is 24.7. The number of anilines is 3. The molecular formula is C52H60N10O7. The number of imidazole rings is 1. The first-order valence-corrected chi connectivity index (χ1v) is 24.7. The number of likely N-dealkylation sites (tertiary alicyclic amines) is 1. The van der Waals surface area contributed by atoms with E-state index in [1.807, 2.05) is 24.2 Å². The number of hydrogen-bond acceptors (Lipinski definition) is 12. The van der Waals surface area contributed by atoms with Crippen LogP contribution in [0.1, 0.15) is 108 Å². The standard InChI is InChI=1S/C52H60N10O7/c1-32(63)59-22-14-43-42(31-59)49(55-62(43)36-15-24-69-25-16-36)56(2)37-4-6-39(46(29-37)68-3)35-26-45(60-23-17-53-47(60)27-35)34-12-18-57(19-13-34)30-33-10-20-58(21-11-33)38-5-7-40-41(28-38)52(67)61(51(40)66)44-8-9-48(64)54-50(44)65/h4-7,17,23,26-29,33-34,36,44H,8-16,18-22,24-25,30-31H2,1-3H3,(H,54,64,65). The van der Waals surface area contributed by atoms with Crippen LogP contribution in [0.4, 0.5) is 17.2 Å². The molecule has 3 aromatic heterocycles. The molecule has 0 spiro atoms. The molecule has 2 aromatic carbocycles. The van der Waals surface area contributed by atoms with E-state index >= 15 is 0 Å². The van der Waals surface area contributed by atoms with Gasteiger partial charge in [0.25, 0.3) is 11.8 Å². The first kappa shape index (κ1) is 44.9. The smallest absolute Gasteiger partial charge is 0.262 e. The van der Waals surface area contributed by atoms with Gasteiger partial charge in [-0.25, -0.2) is 4.98 Å². The molecule has 17 nitrogen and oxygen atoms in total. The fourth-order valence-electron chi connectivity index (χ4n) is 11.8. The Morgan fingerprint density at radius 3 is 2.38 bits per heavy atom. The van der Waals surface area contributed by atoms with Gasteiger partial charge in [0.15, 0.2) is 5.82 Å². The SMILES string of the molecule is COc1cc(N(C)c2nn(C3CCOCC3)c3c2CN(C(C)=O)CC3)ccc1-c1cc(C2CCN(CC3CCN(c4ccc5c(c4)C(=O)N(C4CCC(=O)NC4=O)C5=O)CC3)CC2)n2ccnc2c1. The Morgan fingerprint density at radius 2 is 1.62 bits per heavy atom. The van der Waals surface area contributed by atoms with Crippen LogP contribution in [0.2, 0.25) is 0 Å². The number of imide groups is 2. The zero-order valence-corrected chi connectivity index (χ0v) is 39.7. The van der Waals surface area contributed by atoms with Crippen molar-refractivity contribution in [2.75, 3.05) is 76.4 Å². The molecule has 360 valence electrons. The van der Waals surface area contributed by atoms with Crippen molar-refractivity contribution in [3.63, 3.8) is 0 Å². The number of carbonyl (C=O) groups is 5. The van der Waals surface area contributed by atoms with Gasteiger partial charge in [-0.3, -0.25) is 38.9 Å². The molecule has 0 saturated carbocycles. The lowest BCUT2D eigenvalue weighted by molar-refractivity contribution is -0.136. The lowest BCUT2D eigenvalue weighted by atomic mass is 9.89. The second kappa shape index (κ2) is 18.4. The lowest BCUT2D eigenvalue weighted by Gasteiger charge is -2.38. The number of piperidine rings is 3. The van der Waals surface area contributed by atoms with E-state index in [4.69, 9.17) is 19.6 Å². The van der Waals surface area contributed by atoms with E-state index in [0.29, 0.717) is 36.1 Å². The summed E-state index contributed by atoms with van der Waals surface area (Å²) in [6.07, 6.45) is 10.9. The molecule has 0 aliphatic carbocycles. The third-order valence-electron chi connectivity index (χ3n) is 15.7. The van der Waals surface area contributed by atoms with Gasteiger partial charge in [0.1, 0.15) is 17.4 Å². The molecule has 5 amide bonds. The number of carbonyl (C=O) groups excluding carboxylic acids is 5. The molecule has 11 rings (SSSR count). The summed E-state index contributed by atoms with van der Waals surface area (Å²) in [6.45, 7) is 9.11. The molecule has 9 heterocycles. The van der Waals surface area contributed by atoms with E-state index in [1.165, 1.54) is 11.4 Å². The number of hydrogen-bond donors (Lipinski definition) is 1. The summed E-state index contributed by atoms with van der Waals surface area (Å²) >= 11 is 0. The second-order valence-electron chi connectivity index (χ2n) is 19.7. The van der Waals surface area contributed by atoms with Crippen LogP contribution in [-0.4, -0.2) is 136 Å². The Kier molecular flexibility index (Phi) is 12.0. The number of nitrogens with zero attached hydrogens (tertiary/aromatic N) is 9. The van der Waals surface area contributed by atoms with Crippen molar-refractivity contribution in [1.82, 2.24) is 39.2 Å². The predicted molar refractivity (Wildman–Crippen MR) is 258 cm³/mol. The Balaban J connectivity index is 0.743. The van der Waals surface area contributed by atoms with Crippen molar-refractivity contribution in [1.29, 1.82) is 0 Å². The highest BCUT2D eigenvalue weighted by molar-refractivity contribution is 6.23. The third-order valence-corrected chi connectivity index (χ3v) is 15.7. The molecule has 4 fully saturated rings. The zero-order valence-electron chi connectivity index (χ0n) is 39.7. The van der Waals surface area contributed by atoms with Crippen LogP contribution in [0, 0.1) is 5.92 Å². The third kappa shape index (κ3) is 8.32. The molecule has 17 heteroatoms.